The molecule has 0 amide bonds. The van der Waals surface area contributed by atoms with Crippen LogP contribution in [0.2, 0.25) is 0 Å². The van der Waals surface area contributed by atoms with Gasteiger partial charge in [-0.15, -0.1) is 0 Å². The van der Waals surface area contributed by atoms with Gasteiger partial charge in [-0.3, -0.25) is 0 Å². The van der Waals surface area contributed by atoms with Crippen LogP contribution in [0.15, 0.2) is 194 Å². The Balaban J connectivity index is 0.00000193. The molecule has 0 bridgehead atoms. The molecule has 0 aliphatic carbocycles. The topological polar surface area (TPSA) is 9.86 Å². The molecule has 0 N–H and O–H groups in total. The molecule has 2 nitrogen and oxygen atoms in total. The van der Waals surface area contributed by atoms with Gasteiger partial charge in [0.25, 0.3) is 0 Å². The standard InChI is InChI=1S/C48H32N2.2H/c1-3-11-33(12-4-1)35-19-25-39(26-20-35)49-45-17-9-7-15-41(45)43-31-37(23-29-47(43)49)38-24-30-48-44(32-38)42-16-8-10-18-46(42)50(48)40-27-21-36(22-28-40)34-13-5-2-6-14-34;;/h1-32H;;/q;2*-1. The van der Waals surface area contributed by atoms with E-state index in [2.05, 4.69) is 203 Å². The van der Waals surface area contributed by atoms with Crippen LogP contribution in [0.3, 0.4) is 0 Å². The molecule has 2 aromatic heterocycles. The maximum Gasteiger partial charge on any atom is 0.0541 e. The molecule has 0 aliphatic heterocycles. The van der Waals surface area contributed by atoms with Crippen LogP contribution in [0, 0.1) is 0 Å². The normalized spacial score (nSPS) is 11.6. The van der Waals surface area contributed by atoms with Crippen LogP contribution in [0.25, 0.3) is 88.4 Å². The Morgan fingerprint density at radius 1 is 0.240 bits per heavy atom. The van der Waals surface area contributed by atoms with Gasteiger partial charge in [0.1, 0.15) is 0 Å². The van der Waals surface area contributed by atoms with Gasteiger partial charge in [0.05, 0.1) is 22.1 Å². The Morgan fingerprint density at radius 3 is 0.980 bits per heavy atom. The van der Waals surface area contributed by atoms with Crippen molar-refractivity contribution in [3.63, 3.8) is 0 Å². The third-order valence-corrected chi connectivity index (χ3v) is 10.1. The predicted molar refractivity (Wildman–Crippen MR) is 214 cm³/mol. The van der Waals surface area contributed by atoms with Gasteiger partial charge in [0.15, 0.2) is 0 Å². The van der Waals surface area contributed by atoms with Gasteiger partial charge < -0.3 is 12.0 Å². The molecular weight excluding hydrogens is 605 g/mol. The highest BCUT2D eigenvalue weighted by molar-refractivity contribution is 6.12. The van der Waals surface area contributed by atoms with Crippen molar-refractivity contribution in [2.24, 2.45) is 0 Å². The number of hydrogen-bond acceptors (Lipinski definition) is 0. The monoisotopic (exact) mass is 638 g/mol. The van der Waals surface area contributed by atoms with E-state index in [4.69, 9.17) is 0 Å². The maximum absolute atomic E-state index is 2.39. The summed E-state index contributed by atoms with van der Waals surface area (Å²) in [6.45, 7) is 0. The maximum atomic E-state index is 2.39. The van der Waals surface area contributed by atoms with E-state index in [1.54, 1.807) is 0 Å². The quantitative estimate of drug-likeness (QED) is 0.178. The Bertz CT molecular complexity index is 2630. The highest BCUT2D eigenvalue weighted by Gasteiger charge is 2.16. The first-order valence-corrected chi connectivity index (χ1v) is 17.2. The average Bonchev–Trinajstić information content (AvgIpc) is 3.71. The molecule has 0 radical (unpaired) electrons. The fourth-order valence-corrected chi connectivity index (χ4v) is 7.73. The van der Waals surface area contributed by atoms with Crippen LogP contribution in [0.4, 0.5) is 0 Å². The number of hydrogen-bond donors (Lipinski definition) is 0. The highest BCUT2D eigenvalue weighted by Crippen LogP contribution is 2.38. The first-order chi connectivity index (χ1) is 24.8. The summed E-state index contributed by atoms with van der Waals surface area (Å²) in [5.74, 6) is 0. The number of nitrogens with zero attached hydrogens (tertiary/aromatic N) is 2. The zero-order valence-electron chi connectivity index (χ0n) is 29.4. The molecule has 50 heavy (non-hydrogen) atoms. The van der Waals surface area contributed by atoms with E-state index in [9.17, 15) is 0 Å². The van der Waals surface area contributed by atoms with E-state index in [-0.39, 0.29) is 2.85 Å². The van der Waals surface area contributed by atoms with Crippen molar-refractivity contribution in [1.29, 1.82) is 0 Å². The number of fused-ring (bicyclic) bond motifs is 6. The summed E-state index contributed by atoms with van der Waals surface area (Å²) >= 11 is 0. The van der Waals surface area contributed by atoms with Crippen LogP contribution < -0.4 is 0 Å². The van der Waals surface area contributed by atoms with Gasteiger partial charge in [-0.1, -0.05) is 133 Å². The minimum Gasteiger partial charge on any atom is -1.00 e. The Labute approximate surface area is 293 Å². The molecule has 0 aliphatic rings. The molecule has 2 heterocycles. The molecule has 8 aromatic carbocycles. The smallest absolute Gasteiger partial charge is 0.0541 e. The molecule has 0 fully saturated rings. The first kappa shape index (κ1) is 28.4. The Hall–Kier alpha value is -6.64. The van der Waals surface area contributed by atoms with Crippen LogP contribution in [-0.2, 0) is 0 Å². The minimum absolute atomic E-state index is 0. The lowest BCUT2D eigenvalue weighted by molar-refractivity contribution is 1.18. The molecule has 0 atom stereocenters. The fraction of sp³-hybridized carbons (Fsp3) is 0. The number of rotatable bonds is 5. The molecule has 0 unspecified atom stereocenters. The van der Waals surface area contributed by atoms with Gasteiger partial charge >= 0.3 is 0 Å². The van der Waals surface area contributed by atoms with Crippen molar-refractivity contribution < 1.29 is 2.85 Å². The summed E-state index contributed by atoms with van der Waals surface area (Å²) < 4.78 is 4.78. The summed E-state index contributed by atoms with van der Waals surface area (Å²) in [4.78, 5) is 0. The molecule has 0 spiro atoms. The number of benzene rings is 8. The van der Waals surface area contributed by atoms with Crippen molar-refractivity contribution in [2.75, 3.05) is 0 Å². The van der Waals surface area contributed by atoms with Crippen LogP contribution in [0.1, 0.15) is 2.85 Å². The zero-order chi connectivity index (χ0) is 33.0. The van der Waals surface area contributed by atoms with E-state index < -0.39 is 0 Å². The van der Waals surface area contributed by atoms with E-state index in [1.165, 1.54) is 77.0 Å². The molecule has 10 rings (SSSR count). The molecule has 238 valence electrons. The summed E-state index contributed by atoms with van der Waals surface area (Å²) in [7, 11) is 0. The summed E-state index contributed by atoms with van der Waals surface area (Å²) in [5.41, 5.74) is 14.5. The van der Waals surface area contributed by atoms with Crippen molar-refractivity contribution in [2.45, 2.75) is 0 Å². The lowest BCUT2D eigenvalue weighted by atomic mass is 10.0. The first-order valence-electron chi connectivity index (χ1n) is 17.2. The Kier molecular flexibility index (Phi) is 6.53. The van der Waals surface area contributed by atoms with Crippen LogP contribution in [-0.4, -0.2) is 9.13 Å². The van der Waals surface area contributed by atoms with E-state index >= 15 is 0 Å². The van der Waals surface area contributed by atoms with Crippen molar-refractivity contribution in [1.82, 2.24) is 9.13 Å². The molecule has 0 saturated heterocycles. The molecule has 10 aromatic rings. The van der Waals surface area contributed by atoms with E-state index in [0.717, 1.165) is 11.4 Å². The van der Waals surface area contributed by atoms with Crippen molar-refractivity contribution >= 4 is 43.6 Å². The van der Waals surface area contributed by atoms with Gasteiger partial charge in [-0.2, -0.15) is 0 Å². The van der Waals surface area contributed by atoms with Crippen LogP contribution >= 0.6 is 0 Å². The van der Waals surface area contributed by atoms with E-state index in [0.29, 0.717) is 0 Å². The molecular formula is C48H34N2-2. The largest absolute Gasteiger partial charge is 1.00 e. The summed E-state index contributed by atoms with van der Waals surface area (Å²) in [5, 5.41) is 5.03. The van der Waals surface area contributed by atoms with Gasteiger partial charge in [-0.25, -0.2) is 0 Å². The zero-order valence-corrected chi connectivity index (χ0v) is 27.4. The van der Waals surface area contributed by atoms with Crippen LogP contribution in [0.5, 0.6) is 0 Å². The summed E-state index contributed by atoms with van der Waals surface area (Å²) in [6.07, 6.45) is 0. The third kappa shape index (κ3) is 4.57. The Morgan fingerprint density at radius 2 is 0.560 bits per heavy atom. The average molecular weight is 639 g/mol. The SMILES string of the molecule is [H-].[H-].c1ccc(-c2ccc(-n3c4ccccc4c4cc(-c5ccc6c(c5)c5ccccc5n6-c5ccc(-c6ccccc6)cc5)ccc43)cc2)cc1. The second kappa shape index (κ2) is 11.5. The van der Waals surface area contributed by atoms with Crippen molar-refractivity contribution in [3.8, 4) is 44.8 Å². The minimum atomic E-state index is 0. The van der Waals surface area contributed by atoms with Crippen molar-refractivity contribution in [3.05, 3.63) is 194 Å². The number of aromatic nitrogens is 2. The number of para-hydroxylation sites is 2. The molecule has 2 heteroatoms. The molecule has 0 saturated carbocycles. The van der Waals surface area contributed by atoms with Gasteiger partial charge in [-0.05, 0) is 94.0 Å². The van der Waals surface area contributed by atoms with E-state index in [1.807, 2.05) is 0 Å². The second-order valence-electron chi connectivity index (χ2n) is 13.0. The van der Waals surface area contributed by atoms with Gasteiger partial charge in [0, 0.05) is 32.9 Å². The highest BCUT2D eigenvalue weighted by atomic mass is 15.0. The lowest BCUT2D eigenvalue weighted by Crippen LogP contribution is -1.94. The second-order valence-corrected chi connectivity index (χ2v) is 13.0. The predicted octanol–water partition coefficient (Wildman–Crippen LogP) is 13.1. The third-order valence-electron chi connectivity index (χ3n) is 10.1. The summed E-state index contributed by atoms with van der Waals surface area (Å²) in [6, 6.07) is 70.4. The van der Waals surface area contributed by atoms with Gasteiger partial charge in [0.2, 0.25) is 0 Å². The lowest BCUT2D eigenvalue weighted by Gasteiger charge is -2.11. The fourth-order valence-electron chi connectivity index (χ4n) is 7.73.